The van der Waals surface area contributed by atoms with E-state index in [2.05, 4.69) is 42.5 Å². The van der Waals surface area contributed by atoms with Crippen LogP contribution in [0.25, 0.3) is 54.9 Å². The average molecular weight is 1140 g/mol. The molecule has 8 aromatic carbocycles. The summed E-state index contributed by atoms with van der Waals surface area (Å²) in [5.41, 5.74) is 1.71. The molecule has 16 heteroatoms. The van der Waals surface area contributed by atoms with Crippen LogP contribution in [0.5, 0.6) is 0 Å². The number of hydrogen-bond donors (Lipinski definition) is 0. The van der Waals surface area contributed by atoms with Crippen molar-refractivity contribution in [2.24, 2.45) is 0 Å². The van der Waals surface area contributed by atoms with E-state index in [1.54, 1.807) is 12.1 Å². The minimum absolute atomic E-state index is 0.0643. The molecule has 0 nitrogen and oxygen atoms in total. The first-order valence-electron chi connectivity index (χ1n) is 22.6. The number of alkyl halides is 12. The Kier molecular flexibility index (Phi) is 18.0. The molecule has 1 aliphatic rings. The van der Waals surface area contributed by atoms with E-state index < -0.39 is 67.8 Å². The molecule has 72 heavy (non-hydrogen) atoms. The number of aryl methyl sites for hydroxylation is 2. The Labute approximate surface area is 431 Å². The largest absolute Gasteiger partial charge is 0.184 e. The molecule has 0 bridgehead atoms. The molecular weight excluding hydrogens is 1090 g/mol. The Bertz CT molecular complexity index is 2880. The van der Waals surface area contributed by atoms with Gasteiger partial charge in [-0.2, -0.15) is 94.3 Å². The molecule has 1 heterocycles. The Hall–Kier alpha value is -4.62. The minimum atomic E-state index is -4.87. The Balaban J connectivity index is 0.000000181. The number of benzene rings is 6. The maximum atomic E-state index is 13.3. The number of rotatable bonds is 6. The maximum absolute atomic E-state index is 13.3. The van der Waals surface area contributed by atoms with Crippen molar-refractivity contribution in [3.05, 3.63) is 178 Å². The summed E-state index contributed by atoms with van der Waals surface area (Å²) in [6.45, 7) is 11.6. The Morgan fingerprint density at radius 3 is 1.25 bits per heavy atom. The van der Waals surface area contributed by atoms with E-state index in [1.165, 1.54) is 21.5 Å². The zero-order valence-electron chi connectivity index (χ0n) is 39.5. The second-order valence-electron chi connectivity index (χ2n) is 17.6. The van der Waals surface area contributed by atoms with Crippen molar-refractivity contribution in [1.82, 2.24) is 0 Å². The molecule has 378 valence electrons. The smallest absolute Gasteiger partial charge is 0.0920 e. The van der Waals surface area contributed by atoms with E-state index in [0.717, 1.165) is 55.7 Å². The summed E-state index contributed by atoms with van der Waals surface area (Å²) in [6, 6.07) is 36.6. The monoisotopic (exact) mass is 1130 g/mol. The molecule has 0 aromatic heterocycles. The summed E-state index contributed by atoms with van der Waals surface area (Å²) in [5.74, 6) is 0.384. The zero-order valence-corrected chi connectivity index (χ0v) is 44.5. The van der Waals surface area contributed by atoms with Gasteiger partial charge >= 0.3 is 62.6 Å². The fraction of sp³-hybridized carbons (Fsp3) is 0.250. The van der Waals surface area contributed by atoms with E-state index in [-0.39, 0.29) is 35.1 Å². The second kappa shape index (κ2) is 22.9. The Morgan fingerprint density at radius 2 is 0.889 bits per heavy atom. The molecule has 0 amide bonds. The van der Waals surface area contributed by atoms with Gasteiger partial charge in [-0.15, -0.1) is 74.6 Å². The average Bonchev–Trinajstić information content (AvgIpc) is 4.06. The van der Waals surface area contributed by atoms with Gasteiger partial charge < -0.3 is 0 Å². The molecule has 0 saturated heterocycles. The van der Waals surface area contributed by atoms with Crippen molar-refractivity contribution in [3.63, 3.8) is 0 Å². The fourth-order valence-electron chi connectivity index (χ4n) is 8.56. The second-order valence-corrected chi connectivity index (χ2v) is 22.6. The third kappa shape index (κ3) is 13.2. The fourth-order valence-corrected chi connectivity index (χ4v) is 9.87. The number of fused-ring (bicyclic) bond motifs is 5. The number of hydrogen-bond acceptors (Lipinski definition) is 0. The van der Waals surface area contributed by atoms with Crippen molar-refractivity contribution >= 4 is 58.5 Å². The van der Waals surface area contributed by atoms with Gasteiger partial charge in [0.1, 0.15) is 0 Å². The summed E-state index contributed by atoms with van der Waals surface area (Å²) in [5, 5.41) is 5.79. The van der Waals surface area contributed by atoms with Gasteiger partial charge in [0.05, 0.1) is 31.8 Å². The third-order valence-corrected chi connectivity index (χ3v) is 13.5. The normalized spacial score (nSPS) is 12.5. The number of halogens is 14. The van der Waals surface area contributed by atoms with E-state index >= 15 is 0 Å². The summed E-state index contributed by atoms with van der Waals surface area (Å²) in [4.78, 5) is 0. The van der Waals surface area contributed by atoms with Crippen LogP contribution in [-0.4, -0.2) is 9.52 Å². The standard InChI is InChI=1S/2C22H19F6.C12H7Si.2ClH.Zr/c2*1-4-13-5-6-14-7-15(12(2)3)10-19(14)20(13)16-8-17(21(23,24)25)11-18(9-16)22(26,27)28;1-3-7-11-9(5-1)10-6-2-4-8-12(10)13-11;;;/h2*5-12H,4H2,1-3H3;1-7H;2*1H;/q3*-1;;;+2/p-2. The molecule has 1 aliphatic heterocycles. The van der Waals surface area contributed by atoms with Crippen molar-refractivity contribution in [3.8, 4) is 33.4 Å². The van der Waals surface area contributed by atoms with Crippen molar-refractivity contribution in [1.29, 1.82) is 0 Å². The van der Waals surface area contributed by atoms with Gasteiger partial charge in [-0.1, -0.05) is 98.8 Å². The van der Waals surface area contributed by atoms with Crippen LogP contribution in [0.4, 0.5) is 52.7 Å². The van der Waals surface area contributed by atoms with Crippen LogP contribution in [0.15, 0.2) is 127 Å². The molecule has 0 spiro atoms. The topological polar surface area (TPSA) is 0 Å². The van der Waals surface area contributed by atoms with Crippen LogP contribution in [0.2, 0.25) is 0 Å². The van der Waals surface area contributed by atoms with Crippen LogP contribution in [0.1, 0.15) is 97.9 Å². The molecule has 0 N–H and O–H groups in total. The van der Waals surface area contributed by atoms with Crippen LogP contribution >= 0.6 is 17.0 Å². The first kappa shape index (κ1) is 56.7. The molecule has 8 aromatic rings. The summed E-state index contributed by atoms with van der Waals surface area (Å²) < 4.78 is 159. The molecule has 2 radical (unpaired) electrons. The predicted octanol–water partition coefficient (Wildman–Crippen LogP) is 18.4. The molecular formula is C56H45Cl2F12SiZr-3. The first-order valence-corrected chi connectivity index (χ1v) is 29.9. The molecule has 0 atom stereocenters. The summed E-state index contributed by atoms with van der Waals surface area (Å²) >= 11 is -0.826. The van der Waals surface area contributed by atoms with Gasteiger partial charge in [-0.25, -0.2) is 0 Å². The molecule has 0 saturated carbocycles. The van der Waals surface area contributed by atoms with Gasteiger partial charge in [-0.05, 0) is 72.2 Å². The van der Waals surface area contributed by atoms with Crippen LogP contribution < -0.4 is 10.4 Å². The van der Waals surface area contributed by atoms with Gasteiger partial charge in [0.15, 0.2) is 0 Å². The van der Waals surface area contributed by atoms with E-state index in [0.29, 0.717) is 45.9 Å². The SMILES string of the molecule is CCc1ccc2[cH-]c(C(C)C)cc2c1-c1cc(C(F)(F)F)cc(C(F)(F)F)c1.CCc1ccc2[cH-]c(C(C)C)cc2c1-c1cc(C(F)(F)F)cc(C(F)(F)F)c1.[Cl][Zr][Cl].[c-]1cccc2c1[Si]c1ccccc1-2. The van der Waals surface area contributed by atoms with Crippen molar-refractivity contribution in [2.45, 2.75) is 90.9 Å². The van der Waals surface area contributed by atoms with E-state index in [4.69, 9.17) is 17.0 Å². The molecule has 9 rings (SSSR count). The Morgan fingerprint density at radius 1 is 0.514 bits per heavy atom. The molecule has 0 aliphatic carbocycles. The minimum Gasteiger partial charge on any atom is -0.184 e. The van der Waals surface area contributed by atoms with Gasteiger partial charge in [-0.3, -0.25) is 0 Å². The third-order valence-electron chi connectivity index (χ3n) is 12.2. The maximum Gasteiger partial charge on any atom is 0.0920 e. The van der Waals surface area contributed by atoms with Gasteiger partial charge in [0.2, 0.25) is 0 Å². The van der Waals surface area contributed by atoms with Crippen LogP contribution in [-0.2, 0) is 58.4 Å². The molecule has 0 unspecified atom stereocenters. The summed E-state index contributed by atoms with van der Waals surface area (Å²) in [7, 11) is 10.7. The van der Waals surface area contributed by atoms with Crippen LogP contribution in [0, 0.1) is 6.07 Å². The van der Waals surface area contributed by atoms with Gasteiger partial charge in [0, 0.05) is 0 Å². The quantitative estimate of drug-likeness (QED) is 0.0884. The van der Waals surface area contributed by atoms with E-state index in [9.17, 15) is 52.7 Å². The molecule has 0 fully saturated rings. The predicted molar refractivity (Wildman–Crippen MR) is 264 cm³/mol. The van der Waals surface area contributed by atoms with Crippen LogP contribution in [0.3, 0.4) is 0 Å². The van der Waals surface area contributed by atoms with Crippen molar-refractivity contribution in [2.75, 3.05) is 0 Å². The van der Waals surface area contributed by atoms with E-state index in [1.807, 2.05) is 84.0 Å². The zero-order chi connectivity index (χ0) is 53.1. The first-order chi connectivity index (χ1) is 33.7. The summed E-state index contributed by atoms with van der Waals surface area (Å²) in [6.07, 6.45) is -18.5. The van der Waals surface area contributed by atoms with Gasteiger partial charge in [0.25, 0.3) is 0 Å². The van der Waals surface area contributed by atoms with Crippen molar-refractivity contribution < 1.29 is 73.5 Å².